The van der Waals surface area contributed by atoms with Crippen molar-refractivity contribution in [2.24, 2.45) is 5.92 Å². The summed E-state index contributed by atoms with van der Waals surface area (Å²) in [6.07, 6.45) is 1.02. The summed E-state index contributed by atoms with van der Waals surface area (Å²) in [4.78, 5) is 15.4. The van der Waals surface area contributed by atoms with Gasteiger partial charge in [0.1, 0.15) is 0 Å². The van der Waals surface area contributed by atoms with Crippen molar-refractivity contribution in [1.82, 2.24) is 14.5 Å². The minimum absolute atomic E-state index is 0.00375. The first kappa shape index (κ1) is 23.8. The van der Waals surface area contributed by atoms with Gasteiger partial charge in [-0.2, -0.15) is 4.31 Å². The number of rotatable bonds is 8. The van der Waals surface area contributed by atoms with Gasteiger partial charge in [-0.25, -0.2) is 8.42 Å². The van der Waals surface area contributed by atoms with Crippen LogP contribution in [0.1, 0.15) is 30.6 Å². The SMILES string of the molecule is COc1cc(S(=O)(=O)N2CCOCC2)cc(C(=O)NCC2CCN(C(C)C)C2)c1OC. The number of ether oxygens (including phenoxy) is 3. The van der Waals surface area contributed by atoms with E-state index in [1.54, 1.807) is 0 Å². The van der Waals surface area contributed by atoms with E-state index in [1.165, 1.54) is 30.7 Å². The van der Waals surface area contributed by atoms with Crippen molar-refractivity contribution < 1.29 is 27.4 Å². The second-order valence-corrected chi connectivity index (χ2v) is 10.1. The zero-order valence-corrected chi connectivity index (χ0v) is 19.5. The zero-order chi connectivity index (χ0) is 22.6. The Morgan fingerprint density at radius 3 is 2.48 bits per heavy atom. The first-order chi connectivity index (χ1) is 14.8. The predicted octanol–water partition coefficient (Wildman–Crippen LogP) is 1.18. The minimum Gasteiger partial charge on any atom is -0.493 e. The van der Waals surface area contributed by atoms with Crippen molar-refractivity contribution in [3.05, 3.63) is 17.7 Å². The summed E-state index contributed by atoms with van der Waals surface area (Å²) >= 11 is 0. The lowest BCUT2D eigenvalue weighted by Gasteiger charge is -2.26. The second-order valence-electron chi connectivity index (χ2n) is 8.18. The van der Waals surface area contributed by atoms with Crippen LogP contribution in [0.15, 0.2) is 17.0 Å². The number of methoxy groups -OCH3 is 2. The Labute approximate surface area is 184 Å². The van der Waals surface area contributed by atoms with Gasteiger partial charge >= 0.3 is 0 Å². The molecule has 1 N–H and O–H groups in total. The van der Waals surface area contributed by atoms with Crippen molar-refractivity contribution in [1.29, 1.82) is 0 Å². The number of morpholine rings is 1. The highest BCUT2D eigenvalue weighted by Gasteiger charge is 2.30. The third-order valence-corrected chi connectivity index (χ3v) is 7.78. The Kier molecular flexibility index (Phi) is 7.79. The standard InChI is InChI=1S/C21H33N3O6S/c1-15(2)23-6-5-16(14-23)13-22-21(25)18-11-17(12-19(28-3)20(18)29-4)31(26,27)24-7-9-30-10-8-24/h11-12,15-16H,5-10,13-14H2,1-4H3,(H,22,25). The summed E-state index contributed by atoms with van der Waals surface area (Å²) in [6.45, 7) is 8.03. The Bertz CT molecular complexity index is 883. The van der Waals surface area contributed by atoms with Gasteiger partial charge in [-0.15, -0.1) is 0 Å². The average molecular weight is 456 g/mol. The smallest absolute Gasteiger partial charge is 0.255 e. The van der Waals surface area contributed by atoms with Crippen LogP contribution < -0.4 is 14.8 Å². The lowest BCUT2D eigenvalue weighted by Crippen LogP contribution is -2.40. The van der Waals surface area contributed by atoms with Crippen LogP contribution in [0.4, 0.5) is 0 Å². The molecule has 1 aromatic carbocycles. The molecule has 0 bridgehead atoms. The maximum Gasteiger partial charge on any atom is 0.255 e. The van der Waals surface area contributed by atoms with Gasteiger partial charge < -0.3 is 24.4 Å². The summed E-state index contributed by atoms with van der Waals surface area (Å²) < 4.78 is 43.6. The van der Waals surface area contributed by atoms with Gasteiger partial charge in [0, 0.05) is 38.3 Å². The van der Waals surface area contributed by atoms with Gasteiger partial charge in [0.15, 0.2) is 11.5 Å². The van der Waals surface area contributed by atoms with Gasteiger partial charge in [-0.3, -0.25) is 4.79 Å². The number of amides is 1. The number of carbonyl (C=O) groups is 1. The predicted molar refractivity (Wildman–Crippen MR) is 116 cm³/mol. The van der Waals surface area contributed by atoms with Crippen LogP contribution in [-0.2, 0) is 14.8 Å². The topological polar surface area (TPSA) is 97.4 Å². The lowest BCUT2D eigenvalue weighted by molar-refractivity contribution is 0.0730. The van der Waals surface area contributed by atoms with Crippen LogP contribution in [0, 0.1) is 5.92 Å². The molecular weight excluding hydrogens is 422 g/mol. The normalized spacial score (nSPS) is 20.7. The van der Waals surface area contributed by atoms with E-state index in [9.17, 15) is 13.2 Å². The van der Waals surface area contributed by atoms with E-state index in [0.717, 1.165) is 19.5 Å². The van der Waals surface area contributed by atoms with Gasteiger partial charge in [-0.1, -0.05) is 0 Å². The van der Waals surface area contributed by atoms with Crippen molar-refractivity contribution in [2.45, 2.75) is 31.2 Å². The second kappa shape index (κ2) is 10.2. The zero-order valence-electron chi connectivity index (χ0n) is 18.7. The molecule has 2 aliphatic heterocycles. The van der Waals surface area contributed by atoms with Crippen LogP contribution in [-0.4, -0.2) is 89.7 Å². The summed E-state index contributed by atoms with van der Waals surface area (Å²) in [5.41, 5.74) is 0.146. The molecule has 31 heavy (non-hydrogen) atoms. The van der Waals surface area contributed by atoms with E-state index in [1.807, 2.05) is 0 Å². The molecule has 1 amide bonds. The Balaban J connectivity index is 1.83. The van der Waals surface area contributed by atoms with E-state index in [2.05, 4.69) is 24.1 Å². The molecule has 174 valence electrons. The third-order valence-electron chi connectivity index (χ3n) is 5.90. The largest absolute Gasteiger partial charge is 0.493 e. The van der Waals surface area contributed by atoms with Crippen molar-refractivity contribution in [3.63, 3.8) is 0 Å². The number of sulfonamides is 1. The molecule has 1 unspecified atom stereocenters. The highest BCUT2D eigenvalue weighted by molar-refractivity contribution is 7.89. The lowest BCUT2D eigenvalue weighted by atomic mass is 10.1. The number of likely N-dealkylation sites (tertiary alicyclic amines) is 1. The van der Waals surface area contributed by atoms with Crippen LogP contribution in [0.25, 0.3) is 0 Å². The number of nitrogens with one attached hydrogen (secondary N) is 1. The maximum atomic E-state index is 13.1. The first-order valence-corrected chi connectivity index (χ1v) is 12.1. The molecule has 10 heteroatoms. The van der Waals surface area contributed by atoms with Crippen molar-refractivity contribution >= 4 is 15.9 Å². The molecule has 0 saturated carbocycles. The number of hydrogen-bond donors (Lipinski definition) is 1. The molecule has 0 radical (unpaired) electrons. The van der Waals surface area contributed by atoms with Crippen LogP contribution >= 0.6 is 0 Å². The fourth-order valence-corrected chi connectivity index (χ4v) is 5.47. The number of carbonyl (C=O) groups excluding carboxylic acids is 1. The molecule has 9 nitrogen and oxygen atoms in total. The van der Waals surface area contributed by atoms with Gasteiger partial charge in [0.05, 0.1) is 37.9 Å². The number of benzene rings is 1. The van der Waals surface area contributed by atoms with Crippen molar-refractivity contribution in [2.75, 3.05) is 60.2 Å². The fourth-order valence-electron chi connectivity index (χ4n) is 4.02. The third kappa shape index (κ3) is 5.31. The minimum atomic E-state index is -3.79. The molecule has 0 spiro atoms. The molecule has 2 fully saturated rings. The van der Waals surface area contributed by atoms with E-state index in [-0.39, 0.29) is 41.0 Å². The molecule has 1 atom stereocenters. The summed E-state index contributed by atoms with van der Waals surface area (Å²) in [5.74, 6) is 0.404. The molecule has 0 aromatic heterocycles. The Hall–Kier alpha value is -1.88. The number of hydrogen-bond acceptors (Lipinski definition) is 7. The molecule has 3 rings (SSSR count). The molecule has 2 heterocycles. The fraction of sp³-hybridized carbons (Fsp3) is 0.667. The average Bonchev–Trinajstić information content (AvgIpc) is 3.26. The van der Waals surface area contributed by atoms with E-state index >= 15 is 0 Å². The van der Waals surface area contributed by atoms with Crippen LogP contribution in [0.3, 0.4) is 0 Å². The highest BCUT2D eigenvalue weighted by Crippen LogP contribution is 2.35. The van der Waals surface area contributed by atoms with Gasteiger partial charge in [0.2, 0.25) is 10.0 Å². The highest BCUT2D eigenvalue weighted by atomic mass is 32.2. The maximum absolute atomic E-state index is 13.1. The summed E-state index contributed by atoms with van der Waals surface area (Å²) in [5, 5.41) is 2.96. The molecule has 1 aromatic rings. The summed E-state index contributed by atoms with van der Waals surface area (Å²) in [6, 6.07) is 3.25. The summed E-state index contributed by atoms with van der Waals surface area (Å²) in [7, 11) is -0.939. The van der Waals surface area contributed by atoms with Gasteiger partial charge in [0.25, 0.3) is 5.91 Å². The Morgan fingerprint density at radius 1 is 1.19 bits per heavy atom. The van der Waals surface area contributed by atoms with E-state index in [0.29, 0.717) is 31.7 Å². The van der Waals surface area contributed by atoms with Crippen molar-refractivity contribution in [3.8, 4) is 11.5 Å². The van der Waals surface area contributed by atoms with Gasteiger partial charge in [-0.05, 0) is 38.8 Å². The first-order valence-electron chi connectivity index (χ1n) is 10.6. The van der Waals surface area contributed by atoms with Crippen LogP contribution in [0.5, 0.6) is 11.5 Å². The van der Waals surface area contributed by atoms with E-state index in [4.69, 9.17) is 14.2 Å². The molecule has 2 saturated heterocycles. The monoisotopic (exact) mass is 455 g/mol. The van der Waals surface area contributed by atoms with E-state index < -0.39 is 10.0 Å². The molecule has 2 aliphatic rings. The Morgan fingerprint density at radius 2 is 1.90 bits per heavy atom. The quantitative estimate of drug-likeness (QED) is 0.629. The number of nitrogens with zero attached hydrogens (tertiary/aromatic N) is 2. The molecule has 0 aliphatic carbocycles. The molecular formula is C21H33N3O6S. The van der Waals surface area contributed by atoms with Crippen LogP contribution in [0.2, 0.25) is 0 Å².